The molecule has 4 saturated carbocycles. The Labute approximate surface area is 184 Å². The van der Waals surface area contributed by atoms with Gasteiger partial charge in [0.05, 0.1) is 6.10 Å². The summed E-state index contributed by atoms with van der Waals surface area (Å²) in [5, 5.41) is 3.64. The lowest BCUT2D eigenvalue weighted by molar-refractivity contribution is -0.138. The van der Waals surface area contributed by atoms with E-state index in [2.05, 4.69) is 56.6 Å². The average Bonchev–Trinajstić information content (AvgIpc) is 2.91. The maximum atomic E-state index is 6.42. The van der Waals surface area contributed by atoms with Crippen LogP contribution in [0.4, 0.5) is 0 Å². The van der Waals surface area contributed by atoms with Gasteiger partial charge in [0.25, 0.3) is 0 Å². The summed E-state index contributed by atoms with van der Waals surface area (Å²) >= 11 is 0. The van der Waals surface area contributed by atoms with Crippen molar-refractivity contribution in [3.8, 4) is 0 Å². The molecule has 30 heavy (non-hydrogen) atoms. The highest BCUT2D eigenvalue weighted by Gasteiger charge is 2.61. The molecule has 0 bridgehead atoms. The van der Waals surface area contributed by atoms with Crippen molar-refractivity contribution in [1.29, 1.82) is 0 Å². The summed E-state index contributed by atoms with van der Waals surface area (Å²) in [5.74, 6) is 4.34. The molecule has 0 aromatic rings. The van der Waals surface area contributed by atoms with E-state index in [1.54, 1.807) is 0 Å². The number of nitrogens with one attached hydrogen (secondary N) is 1. The summed E-state index contributed by atoms with van der Waals surface area (Å²) in [7, 11) is 0. The van der Waals surface area contributed by atoms with E-state index in [1.807, 2.05) is 0 Å². The Morgan fingerprint density at radius 2 is 1.73 bits per heavy atom. The van der Waals surface area contributed by atoms with Gasteiger partial charge >= 0.3 is 0 Å². The Balaban J connectivity index is 1.38. The van der Waals surface area contributed by atoms with Gasteiger partial charge in [-0.1, -0.05) is 39.3 Å². The second kappa shape index (κ2) is 8.15. The second-order valence-corrected chi connectivity index (χ2v) is 11.6. The maximum Gasteiger partial charge on any atom is 0.0631 e. The molecule has 0 radical (unpaired) electrons. The standard InChI is InChI=1S/C28H43NO/c1-4-19-30-26-14-13-22-20-11-12-23-21(25-10-6-5-7-18-29-25)9-8-16-27(23,2)24(20)15-17-28(22,26)3/h5-7,10,18,20-24,26,29H,4,8-9,11-17,19H2,1-3H3/t20-,21?,22-,23?,24-,26?,27-,28-/m0/s1. The van der Waals surface area contributed by atoms with Crippen LogP contribution in [0.2, 0.25) is 0 Å². The minimum Gasteiger partial charge on any atom is -0.378 e. The van der Waals surface area contributed by atoms with Gasteiger partial charge in [-0.25, -0.2) is 0 Å². The van der Waals surface area contributed by atoms with Crippen LogP contribution in [0.15, 0.2) is 36.2 Å². The molecule has 166 valence electrons. The summed E-state index contributed by atoms with van der Waals surface area (Å²) in [4.78, 5) is 0. The summed E-state index contributed by atoms with van der Waals surface area (Å²) in [6.45, 7) is 8.50. The highest BCUT2D eigenvalue weighted by Crippen LogP contribution is 2.67. The van der Waals surface area contributed by atoms with E-state index >= 15 is 0 Å². The van der Waals surface area contributed by atoms with Gasteiger partial charge in [0.1, 0.15) is 0 Å². The number of allylic oxidation sites excluding steroid dienone is 5. The van der Waals surface area contributed by atoms with E-state index in [-0.39, 0.29) is 0 Å². The van der Waals surface area contributed by atoms with Crippen LogP contribution < -0.4 is 5.32 Å². The fraction of sp³-hybridized carbons (Fsp3) is 0.786. The van der Waals surface area contributed by atoms with Crippen LogP contribution in [0.3, 0.4) is 0 Å². The molecule has 5 rings (SSSR count). The first-order valence-corrected chi connectivity index (χ1v) is 13.0. The molecule has 8 atom stereocenters. The van der Waals surface area contributed by atoms with Gasteiger partial charge in [-0.05, 0) is 104 Å². The number of hydrogen-bond acceptors (Lipinski definition) is 2. The van der Waals surface area contributed by atoms with E-state index in [4.69, 9.17) is 4.74 Å². The van der Waals surface area contributed by atoms with Crippen molar-refractivity contribution in [3.63, 3.8) is 0 Å². The molecule has 0 amide bonds. The number of ether oxygens (including phenoxy) is 1. The predicted octanol–water partition coefficient (Wildman–Crippen LogP) is 7.00. The number of rotatable bonds is 4. The van der Waals surface area contributed by atoms with E-state index in [9.17, 15) is 0 Å². The third-order valence-corrected chi connectivity index (χ3v) is 10.3. The van der Waals surface area contributed by atoms with E-state index < -0.39 is 0 Å². The number of fused-ring (bicyclic) bond motifs is 5. The fourth-order valence-electron chi connectivity index (χ4n) is 8.98. The zero-order chi connectivity index (χ0) is 20.8. The maximum absolute atomic E-state index is 6.42. The smallest absolute Gasteiger partial charge is 0.0631 e. The van der Waals surface area contributed by atoms with Crippen LogP contribution in [0, 0.1) is 40.4 Å². The molecule has 0 aromatic heterocycles. The summed E-state index contributed by atoms with van der Waals surface area (Å²) in [6, 6.07) is 0. The molecular weight excluding hydrogens is 366 g/mol. The SMILES string of the molecule is CCCOC1CC[C@H]2[C@@H]3CCC4C(C5=CC=CC=CN5)CCC[C@]4(C)[C@H]3CC[C@]12C. The van der Waals surface area contributed by atoms with Crippen molar-refractivity contribution in [2.75, 3.05) is 6.61 Å². The topological polar surface area (TPSA) is 21.3 Å². The lowest BCUT2D eigenvalue weighted by Crippen LogP contribution is -2.55. The Morgan fingerprint density at radius 1 is 0.900 bits per heavy atom. The monoisotopic (exact) mass is 409 g/mol. The predicted molar refractivity (Wildman–Crippen MR) is 125 cm³/mol. The lowest BCUT2D eigenvalue weighted by Gasteiger charge is -2.62. The molecule has 2 heteroatoms. The minimum atomic E-state index is 0.439. The largest absolute Gasteiger partial charge is 0.378 e. The molecule has 0 spiro atoms. The van der Waals surface area contributed by atoms with Gasteiger partial charge in [0.2, 0.25) is 0 Å². The van der Waals surface area contributed by atoms with Crippen molar-refractivity contribution in [2.45, 2.75) is 91.1 Å². The van der Waals surface area contributed by atoms with Crippen molar-refractivity contribution >= 4 is 0 Å². The van der Waals surface area contributed by atoms with Crippen molar-refractivity contribution in [2.24, 2.45) is 40.4 Å². The Hall–Kier alpha value is -1.02. The molecule has 1 aliphatic heterocycles. The van der Waals surface area contributed by atoms with Crippen molar-refractivity contribution < 1.29 is 4.74 Å². The molecule has 0 saturated heterocycles. The second-order valence-electron chi connectivity index (χ2n) is 11.6. The van der Waals surface area contributed by atoms with Gasteiger partial charge in [-0.3, -0.25) is 0 Å². The van der Waals surface area contributed by atoms with Crippen molar-refractivity contribution in [3.05, 3.63) is 36.2 Å². The molecule has 0 aromatic carbocycles. The van der Waals surface area contributed by atoms with E-state index in [1.165, 1.54) is 63.5 Å². The van der Waals surface area contributed by atoms with Crippen LogP contribution >= 0.6 is 0 Å². The highest BCUT2D eigenvalue weighted by molar-refractivity contribution is 5.25. The van der Waals surface area contributed by atoms with Crippen LogP contribution in [0.25, 0.3) is 0 Å². The first kappa shape index (κ1) is 20.9. The third-order valence-electron chi connectivity index (χ3n) is 10.3. The Morgan fingerprint density at radius 3 is 2.60 bits per heavy atom. The van der Waals surface area contributed by atoms with E-state index in [0.29, 0.717) is 16.9 Å². The fourth-order valence-corrected chi connectivity index (χ4v) is 8.98. The van der Waals surface area contributed by atoms with Gasteiger partial charge < -0.3 is 10.1 Å². The zero-order valence-corrected chi connectivity index (χ0v) is 19.5. The lowest BCUT2D eigenvalue weighted by atomic mass is 9.43. The van der Waals surface area contributed by atoms with Crippen LogP contribution in [-0.4, -0.2) is 12.7 Å². The van der Waals surface area contributed by atoms with Gasteiger partial charge in [0.15, 0.2) is 0 Å². The van der Waals surface area contributed by atoms with Crippen LogP contribution in [0.1, 0.15) is 85.0 Å². The summed E-state index contributed by atoms with van der Waals surface area (Å²) < 4.78 is 6.42. The molecule has 5 aliphatic rings. The molecule has 4 aliphatic carbocycles. The molecule has 1 N–H and O–H groups in total. The third kappa shape index (κ3) is 3.24. The van der Waals surface area contributed by atoms with Gasteiger partial charge in [0, 0.05) is 24.4 Å². The number of hydrogen-bond donors (Lipinski definition) is 1. The molecule has 2 nitrogen and oxygen atoms in total. The quantitative estimate of drug-likeness (QED) is 0.540. The molecule has 1 heterocycles. The van der Waals surface area contributed by atoms with Gasteiger partial charge in [-0.2, -0.15) is 0 Å². The average molecular weight is 410 g/mol. The highest BCUT2D eigenvalue weighted by atomic mass is 16.5. The normalized spacial score (nSPS) is 47.5. The minimum absolute atomic E-state index is 0.439. The van der Waals surface area contributed by atoms with Crippen LogP contribution in [-0.2, 0) is 4.74 Å². The zero-order valence-electron chi connectivity index (χ0n) is 19.5. The van der Waals surface area contributed by atoms with Crippen molar-refractivity contribution in [1.82, 2.24) is 5.32 Å². The first-order valence-electron chi connectivity index (χ1n) is 13.0. The first-order chi connectivity index (χ1) is 14.6. The van der Waals surface area contributed by atoms with E-state index in [0.717, 1.165) is 42.6 Å². The molecular formula is C28H43NO. The molecule has 3 unspecified atom stereocenters. The summed E-state index contributed by atoms with van der Waals surface area (Å²) in [6.07, 6.45) is 25.3. The van der Waals surface area contributed by atoms with Crippen LogP contribution in [0.5, 0.6) is 0 Å². The van der Waals surface area contributed by atoms with Gasteiger partial charge in [-0.15, -0.1) is 0 Å². The summed E-state index contributed by atoms with van der Waals surface area (Å²) in [5.41, 5.74) is 2.44. The molecule has 4 fully saturated rings. The Kier molecular flexibility index (Phi) is 5.67. The Bertz CT molecular complexity index is 722.